The smallest absolute Gasteiger partial charge is 0.183 e. The molecule has 0 saturated carbocycles. The standard InChI is InChI=1S/C4H10N3.NO3/c1-7(2,6)4-3-5;2-1(3)4/h4,6H2,1-2H3;/q+1;-1. The highest BCUT2D eigenvalue weighted by Gasteiger charge is 2.03. The lowest BCUT2D eigenvalue weighted by Crippen LogP contribution is -2.46. The largest absolute Gasteiger partial charge is 0.356 e. The average molecular weight is 162 g/mol. The number of nitrogens with zero attached hydrogens (tertiary/aromatic N) is 3. The maximum absolute atomic E-state index is 8.25. The van der Waals surface area contributed by atoms with Crippen LogP contribution in [0.15, 0.2) is 0 Å². The minimum absolute atomic E-state index is 0.233. The third-order valence-electron chi connectivity index (χ3n) is 0.478. The SMILES string of the molecule is C[N+](C)(N)CC#N.O=[N+]([O-])[O-]. The van der Waals surface area contributed by atoms with Crippen LogP contribution in [-0.2, 0) is 0 Å². The topological polar surface area (TPSA) is 116 Å². The molecular weight excluding hydrogens is 152 g/mol. The molecule has 7 nitrogen and oxygen atoms in total. The van der Waals surface area contributed by atoms with Crippen LogP contribution in [0.1, 0.15) is 0 Å². The third kappa shape index (κ3) is 55.2. The number of nitriles is 1. The third-order valence-corrected chi connectivity index (χ3v) is 0.478. The minimum Gasteiger partial charge on any atom is -0.356 e. The molecule has 0 rings (SSSR count). The van der Waals surface area contributed by atoms with Crippen LogP contribution in [0.2, 0.25) is 0 Å². The predicted octanol–water partition coefficient (Wildman–Crippen LogP) is -0.779. The molecule has 0 heterocycles. The normalized spacial score (nSPS) is 8.91. The van der Waals surface area contributed by atoms with Crippen LogP contribution in [0.25, 0.3) is 0 Å². The van der Waals surface area contributed by atoms with Gasteiger partial charge in [0.1, 0.15) is 6.07 Å². The summed E-state index contributed by atoms with van der Waals surface area (Å²) < 4.78 is 0.233. The van der Waals surface area contributed by atoms with Gasteiger partial charge in [-0.15, -0.1) is 0 Å². The van der Waals surface area contributed by atoms with Crippen molar-refractivity contribution in [3.63, 3.8) is 0 Å². The van der Waals surface area contributed by atoms with Crippen molar-refractivity contribution >= 4 is 0 Å². The molecule has 0 aromatic rings. The molecule has 7 heteroatoms. The van der Waals surface area contributed by atoms with Gasteiger partial charge in [0.2, 0.25) is 0 Å². The Morgan fingerprint density at radius 1 is 1.64 bits per heavy atom. The Labute approximate surface area is 63.9 Å². The zero-order chi connectivity index (χ0) is 9.49. The molecule has 0 aromatic heterocycles. The van der Waals surface area contributed by atoms with E-state index in [0.29, 0.717) is 6.54 Å². The van der Waals surface area contributed by atoms with Crippen molar-refractivity contribution in [2.24, 2.45) is 5.84 Å². The van der Waals surface area contributed by atoms with E-state index in [1.807, 2.05) is 6.07 Å². The van der Waals surface area contributed by atoms with Crippen LogP contribution in [0.3, 0.4) is 0 Å². The summed E-state index contributed by atoms with van der Waals surface area (Å²) in [5.74, 6) is 5.36. The Bertz CT molecular complexity index is 152. The minimum atomic E-state index is -1.75. The monoisotopic (exact) mass is 162 g/mol. The quantitative estimate of drug-likeness (QED) is 0.178. The molecule has 0 fully saturated rings. The van der Waals surface area contributed by atoms with E-state index in [-0.39, 0.29) is 4.59 Å². The molecule has 0 saturated heterocycles. The Morgan fingerprint density at radius 2 is 1.91 bits per heavy atom. The molecule has 0 aliphatic rings. The van der Waals surface area contributed by atoms with Crippen molar-refractivity contribution in [2.75, 3.05) is 20.6 Å². The first kappa shape index (κ1) is 12.3. The number of quaternary nitrogens is 1. The van der Waals surface area contributed by atoms with E-state index >= 15 is 0 Å². The highest BCUT2D eigenvalue weighted by atomic mass is 16.9. The molecule has 0 aliphatic heterocycles. The number of nitrogens with two attached hydrogens (primary N) is 1. The van der Waals surface area contributed by atoms with Gasteiger partial charge in [-0.1, -0.05) is 0 Å². The molecule has 2 N–H and O–H groups in total. The first-order chi connectivity index (χ1) is 4.79. The van der Waals surface area contributed by atoms with Gasteiger partial charge in [-0.3, -0.25) is 0 Å². The van der Waals surface area contributed by atoms with Gasteiger partial charge in [0.25, 0.3) is 0 Å². The lowest BCUT2D eigenvalue weighted by Gasteiger charge is -2.16. The molecule has 0 bridgehead atoms. The summed E-state index contributed by atoms with van der Waals surface area (Å²) in [4.78, 5) is 8.25. The summed E-state index contributed by atoms with van der Waals surface area (Å²) in [6, 6.07) is 1.95. The highest BCUT2D eigenvalue weighted by molar-refractivity contribution is 4.65. The molecule has 0 unspecified atom stereocenters. The molecule has 0 spiro atoms. The van der Waals surface area contributed by atoms with Crippen LogP contribution in [-0.4, -0.2) is 30.3 Å². The van der Waals surface area contributed by atoms with Crippen molar-refractivity contribution < 1.29 is 9.68 Å². The van der Waals surface area contributed by atoms with Crippen LogP contribution >= 0.6 is 0 Å². The molecule has 0 amide bonds. The fourth-order valence-corrected chi connectivity index (χ4v) is 0.182. The Balaban J connectivity index is 0. The van der Waals surface area contributed by atoms with Gasteiger partial charge < -0.3 is 15.3 Å². The van der Waals surface area contributed by atoms with Gasteiger partial charge in [-0.2, -0.15) is 11.1 Å². The fraction of sp³-hybridized carbons (Fsp3) is 0.750. The zero-order valence-electron chi connectivity index (χ0n) is 6.35. The molecular formula is C4H10N4O3. The Kier molecular flexibility index (Phi) is 6.04. The summed E-state index contributed by atoms with van der Waals surface area (Å²) in [5, 5.41) is 22.8. The van der Waals surface area contributed by atoms with Crippen molar-refractivity contribution in [3.05, 3.63) is 15.3 Å². The number of hydrogen-bond donors (Lipinski definition) is 1. The molecule has 0 atom stereocenters. The summed E-state index contributed by atoms with van der Waals surface area (Å²) in [6.07, 6.45) is 0. The number of rotatable bonds is 1. The van der Waals surface area contributed by atoms with Crippen molar-refractivity contribution in [2.45, 2.75) is 0 Å². The van der Waals surface area contributed by atoms with Gasteiger partial charge >= 0.3 is 0 Å². The van der Waals surface area contributed by atoms with Crippen LogP contribution in [0, 0.1) is 26.7 Å². The maximum atomic E-state index is 8.25. The molecule has 0 aromatic carbocycles. The number of hydrogen-bond acceptors (Lipinski definition) is 5. The second-order valence-electron chi connectivity index (χ2n) is 2.32. The van der Waals surface area contributed by atoms with Crippen molar-refractivity contribution in [1.29, 1.82) is 5.26 Å². The van der Waals surface area contributed by atoms with E-state index in [1.165, 1.54) is 0 Å². The van der Waals surface area contributed by atoms with E-state index in [4.69, 9.17) is 26.4 Å². The molecule has 11 heavy (non-hydrogen) atoms. The van der Waals surface area contributed by atoms with E-state index in [2.05, 4.69) is 0 Å². The van der Waals surface area contributed by atoms with Gasteiger partial charge in [0.15, 0.2) is 6.54 Å². The highest BCUT2D eigenvalue weighted by Crippen LogP contribution is 1.78. The van der Waals surface area contributed by atoms with Crippen LogP contribution < -0.4 is 5.84 Å². The first-order valence-corrected chi connectivity index (χ1v) is 2.59. The van der Waals surface area contributed by atoms with Crippen LogP contribution in [0.4, 0.5) is 0 Å². The summed E-state index contributed by atoms with van der Waals surface area (Å²) >= 11 is 0. The van der Waals surface area contributed by atoms with E-state index in [0.717, 1.165) is 0 Å². The first-order valence-electron chi connectivity index (χ1n) is 2.59. The van der Waals surface area contributed by atoms with Crippen molar-refractivity contribution in [1.82, 2.24) is 0 Å². The lowest BCUT2D eigenvalue weighted by molar-refractivity contribution is -0.895. The second-order valence-corrected chi connectivity index (χ2v) is 2.32. The lowest BCUT2D eigenvalue weighted by atomic mass is 10.6. The van der Waals surface area contributed by atoms with E-state index in [9.17, 15) is 0 Å². The molecule has 64 valence electrons. The molecule has 0 radical (unpaired) electrons. The van der Waals surface area contributed by atoms with Crippen molar-refractivity contribution in [3.8, 4) is 6.07 Å². The van der Waals surface area contributed by atoms with Gasteiger partial charge in [-0.25, -0.2) is 4.59 Å². The Hall–Kier alpha value is -1.39. The van der Waals surface area contributed by atoms with E-state index in [1.54, 1.807) is 14.1 Å². The fourth-order valence-electron chi connectivity index (χ4n) is 0.182. The predicted molar refractivity (Wildman–Crippen MR) is 37.1 cm³/mol. The van der Waals surface area contributed by atoms with Gasteiger partial charge in [0, 0.05) is 0 Å². The Morgan fingerprint density at radius 3 is 1.91 bits per heavy atom. The van der Waals surface area contributed by atoms with Crippen LogP contribution in [0.5, 0.6) is 0 Å². The van der Waals surface area contributed by atoms with Gasteiger partial charge in [0.05, 0.1) is 19.2 Å². The summed E-state index contributed by atoms with van der Waals surface area (Å²) in [6.45, 7) is 0.361. The summed E-state index contributed by atoms with van der Waals surface area (Å²) in [5.41, 5.74) is 0. The molecule has 0 aliphatic carbocycles. The maximum Gasteiger partial charge on any atom is 0.183 e. The van der Waals surface area contributed by atoms with E-state index < -0.39 is 5.09 Å². The average Bonchev–Trinajstić information content (AvgIpc) is 1.58. The summed E-state index contributed by atoms with van der Waals surface area (Å²) in [7, 11) is 3.53. The zero-order valence-corrected chi connectivity index (χ0v) is 6.35. The van der Waals surface area contributed by atoms with Gasteiger partial charge in [-0.05, 0) is 0 Å². The second kappa shape index (κ2) is 5.40.